The minimum atomic E-state index is 0.329. The van der Waals surface area contributed by atoms with Gasteiger partial charge in [0.15, 0.2) is 5.65 Å². The van der Waals surface area contributed by atoms with E-state index in [0.717, 1.165) is 0 Å². The fourth-order valence-electron chi connectivity index (χ4n) is 0.963. The Hall–Kier alpha value is -1.71. The van der Waals surface area contributed by atoms with Crippen molar-refractivity contribution in [2.75, 3.05) is 0 Å². The second kappa shape index (κ2) is 2.97. The topological polar surface area (TPSA) is 59.6 Å². The molecule has 0 spiro atoms. The van der Waals surface area contributed by atoms with E-state index < -0.39 is 0 Å². The summed E-state index contributed by atoms with van der Waals surface area (Å²) in [5, 5.41) is 4.23. The Labute approximate surface area is 77.7 Å². The molecule has 0 aromatic carbocycles. The maximum Gasteiger partial charge on any atom is 0.240 e. The monoisotopic (exact) mass is 194 g/mol. The van der Waals surface area contributed by atoms with Crippen LogP contribution in [0.1, 0.15) is 0 Å². The van der Waals surface area contributed by atoms with Crippen LogP contribution in [-0.2, 0) is 4.79 Å². The van der Waals surface area contributed by atoms with E-state index in [1.807, 2.05) is 0 Å². The number of aromatic nitrogens is 3. The smallest absolute Gasteiger partial charge is 0.220 e. The lowest BCUT2D eigenvalue weighted by atomic mass is 10.5. The summed E-state index contributed by atoms with van der Waals surface area (Å²) >= 11 is 5.66. The van der Waals surface area contributed by atoms with Crippen LogP contribution in [0.15, 0.2) is 23.5 Å². The minimum Gasteiger partial charge on any atom is -0.220 e. The van der Waals surface area contributed by atoms with Crippen molar-refractivity contribution in [3.63, 3.8) is 0 Å². The Balaban J connectivity index is 2.78. The first-order chi connectivity index (χ1) is 6.31. The summed E-state index contributed by atoms with van der Waals surface area (Å²) in [6, 6.07) is 1.59. The van der Waals surface area contributed by atoms with Crippen molar-refractivity contribution in [1.29, 1.82) is 0 Å². The van der Waals surface area contributed by atoms with E-state index in [2.05, 4.69) is 15.1 Å². The van der Waals surface area contributed by atoms with E-state index in [9.17, 15) is 4.79 Å². The largest absolute Gasteiger partial charge is 0.240 e. The molecular formula is C7H3ClN4O. The maximum absolute atomic E-state index is 10.0. The Morgan fingerprint density at radius 2 is 2.46 bits per heavy atom. The fraction of sp³-hybridized carbons (Fsp3) is 0. The van der Waals surface area contributed by atoms with Crippen molar-refractivity contribution >= 4 is 29.0 Å². The molecule has 0 aliphatic carbocycles. The number of halogens is 1. The highest BCUT2D eigenvalue weighted by molar-refractivity contribution is 6.29. The van der Waals surface area contributed by atoms with Gasteiger partial charge in [0.05, 0.1) is 6.20 Å². The van der Waals surface area contributed by atoms with Gasteiger partial charge in [0.1, 0.15) is 10.8 Å². The van der Waals surface area contributed by atoms with Crippen molar-refractivity contribution in [2.24, 2.45) is 4.99 Å². The molecule has 0 fully saturated rings. The van der Waals surface area contributed by atoms with Crippen molar-refractivity contribution in [3.05, 3.63) is 23.6 Å². The van der Waals surface area contributed by atoms with Crippen LogP contribution in [-0.4, -0.2) is 20.7 Å². The predicted molar refractivity (Wildman–Crippen MR) is 45.8 cm³/mol. The zero-order chi connectivity index (χ0) is 9.26. The number of hydrogen-bond acceptors (Lipinski definition) is 4. The number of carbonyl (C=O) groups excluding carboxylic acids is 1. The summed E-state index contributed by atoms with van der Waals surface area (Å²) in [7, 11) is 0. The summed E-state index contributed by atoms with van der Waals surface area (Å²) in [5.74, 6) is 0. The molecule has 64 valence electrons. The van der Waals surface area contributed by atoms with Crippen molar-refractivity contribution in [2.45, 2.75) is 0 Å². The van der Waals surface area contributed by atoms with Crippen LogP contribution in [0.25, 0.3) is 5.65 Å². The van der Waals surface area contributed by atoms with E-state index in [1.54, 1.807) is 12.3 Å². The zero-order valence-electron chi connectivity index (χ0n) is 6.31. The third kappa shape index (κ3) is 1.30. The normalized spacial score (nSPS) is 9.92. The molecule has 2 aromatic rings. The number of fused-ring (bicyclic) bond motifs is 1. The van der Waals surface area contributed by atoms with E-state index >= 15 is 0 Å². The lowest BCUT2D eigenvalue weighted by molar-refractivity contribution is 0.565. The molecule has 0 saturated heterocycles. The van der Waals surface area contributed by atoms with Gasteiger partial charge in [-0.2, -0.15) is 10.1 Å². The van der Waals surface area contributed by atoms with Crippen LogP contribution in [0.4, 0.5) is 5.69 Å². The van der Waals surface area contributed by atoms with Crippen LogP contribution in [0.3, 0.4) is 0 Å². The number of nitrogens with zero attached hydrogens (tertiary/aromatic N) is 4. The van der Waals surface area contributed by atoms with Gasteiger partial charge in [0.25, 0.3) is 0 Å². The SMILES string of the molecule is O=C=Nc1cnn2ccc(Cl)nc12. The maximum atomic E-state index is 10.0. The highest BCUT2D eigenvalue weighted by Gasteiger charge is 2.03. The molecule has 0 unspecified atom stereocenters. The molecule has 5 nitrogen and oxygen atoms in total. The second-order valence-corrected chi connectivity index (χ2v) is 2.64. The Bertz CT molecular complexity index is 500. The van der Waals surface area contributed by atoms with Gasteiger partial charge in [-0.05, 0) is 6.07 Å². The van der Waals surface area contributed by atoms with Crippen LogP contribution >= 0.6 is 11.6 Å². The number of isocyanates is 1. The van der Waals surface area contributed by atoms with Gasteiger partial charge >= 0.3 is 0 Å². The summed E-state index contributed by atoms with van der Waals surface area (Å²) in [5.41, 5.74) is 0.799. The Kier molecular flexibility index (Phi) is 1.81. The lowest BCUT2D eigenvalue weighted by Crippen LogP contribution is -1.87. The second-order valence-electron chi connectivity index (χ2n) is 2.25. The van der Waals surface area contributed by atoms with E-state index in [-0.39, 0.29) is 0 Å². The third-order valence-electron chi connectivity index (χ3n) is 1.48. The number of aliphatic imine (C=N–C) groups is 1. The zero-order valence-corrected chi connectivity index (χ0v) is 7.06. The molecule has 0 amide bonds. The molecule has 6 heteroatoms. The van der Waals surface area contributed by atoms with E-state index in [1.165, 1.54) is 16.8 Å². The first-order valence-electron chi connectivity index (χ1n) is 3.39. The van der Waals surface area contributed by atoms with E-state index in [0.29, 0.717) is 16.5 Å². The summed E-state index contributed by atoms with van der Waals surface area (Å²) < 4.78 is 1.47. The van der Waals surface area contributed by atoms with Gasteiger partial charge in [0.2, 0.25) is 6.08 Å². The summed E-state index contributed by atoms with van der Waals surface area (Å²) in [6.45, 7) is 0. The lowest BCUT2D eigenvalue weighted by Gasteiger charge is -1.91. The molecule has 0 saturated carbocycles. The van der Waals surface area contributed by atoms with Crippen LogP contribution < -0.4 is 0 Å². The molecule has 0 N–H and O–H groups in total. The number of rotatable bonds is 1. The van der Waals surface area contributed by atoms with Crippen molar-refractivity contribution < 1.29 is 4.79 Å². The minimum absolute atomic E-state index is 0.329. The third-order valence-corrected chi connectivity index (χ3v) is 1.69. The van der Waals surface area contributed by atoms with Gasteiger partial charge in [0, 0.05) is 6.20 Å². The Morgan fingerprint density at radius 1 is 1.62 bits per heavy atom. The molecule has 2 aromatic heterocycles. The molecule has 0 atom stereocenters. The first-order valence-corrected chi connectivity index (χ1v) is 3.77. The highest BCUT2D eigenvalue weighted by Crippen LogP contribution is 2.18. The van der Waals surface area contributed by atoms with Crippen molar-refractivity contribution in [3.8, 4) is 0 Å². The first kappa shape index (κ1) is 7.91. The molecule has 0 radical (unpaired) electrons. The molecular weight excluding hydrogens is 192 g/mol. The van der Waals surface area contributed by atoms with Crippen LogP contribution in [0.5, 0.6) is 0 Å². The van der Waals surface area contributed by atoms with Crippen LogP contribution in [0.2, 0.25) is 5.15 Å². The Morgan fingerprint density at radius 3 is 3.23 bits per heavy atom. The predicted octanol–water partition coefficient (Wildman–Crippen LogP) is 1.35. The van der Waals surface area contributed by atoms with Crippen molar-refractivity contribution in [1.82, 2.24) is 14.6 Å². The van der Waals surface area contributed by atoms with Gasteiger partial charge in [-0.15, -0.1) is 0 Å². The molecule has 2 rings (SSSR count). The molecule has 0 bridgehead atoms. The average molecular weight is 195 g/mol. The van der Waals surface area contributed by atoms with Gasteiger partial charge in [-0.25, -0.2) is 14.3 Å². The standard InChI is InChI=1S/C7H3ClN4O/c8-6-1-2-12-7(11-6)5(3-10-12)9-4-13/h1-3H. The van der Waals surface area contributed by atoms with E-state index in [4.69, 9.17) is 11.6 Å². The van der Waals surface area contributed by atoms with Gasteiger partial charge < -0.3 is 0 Å². The highest BCUT2D eigenvalue weighted by atomic mass is 35.5. The number of hydrogen-bond donors (Lipinski definition) is 0. The van der Waals surface area contributed by atoms with Crippen LogP contribution in [0, 0.1) is 0 Å². The molecule has 13 heavy (non-hydrogen) atoms. The van der Waals surface area contributed by atoms with Gasteiger partial charge in [-0.1, -0.05) is 11.6 Å². The van der Waals surface area contributed by atoms with Gasteiger partial charge in [-0.3, -0.25) is 0 Å². The molecule has 0 aliphatic rings. The molecule has 0 aliphatic heterocycles. The fourth-order valence-corrected chi connectivity index (χ4v) is 1.10. The summed E-state index contributed by atoms with van der Waals surface area (Å²) in [6.07, 6.45) is 4.47. The quantitative estimate of drug-likeness (QED) is 0.391. The molecule has 2 heterocycles. The average Bonchev–Trinajstić information content (AvgIpc) is 2.49. The summed E-state index contributed by atoms with van der Waals surface area (Å²) in [4.78, 5) is 17.4.